The molecular formula is C18H17N3O7S. The lowest BCUT2D eigenvalue weighted by Gasteiger charge is -2.10. The molecular weight excluding hydrogens is 402 g/mol. The van der Waals surface area contributed by atoms with Crippen LogP contribution in [0.2, 0.25) is 0 Å². The average molecular weight is 419 g/mol. The van der Waals surface area contributed by atoms with Crippen molar-refractivity contribution in [3.63, 3.8) is 0 Å². The standard InChI is InChI=1S/C18H17N3O7S/c1-21(2)20-19-12-6-4-5-11(9-12)16-17(22)14-8-7-13(26-3)10-15(14)27-18(16)28-29(23,24)25/h4-10H,1-3H3,(H,23,24,25). The van der Waals surface area contributed by atoms with Crippen LogP contribution in [-0.4, -0.2) is 39.2 Å². The lowest BCUT2D eigenvalue weighted by molar-refractivity contribution is 0.338. The molecule has 10 nitrogen and oxygen atoms in total. The first-order chi connectivity index (χ1) is 13.7. The SMILES string of the molecule is COc1ccc2c(=O)c(-c3cccc(N=NN(C)C)c3)c(OS(=O)(=O)O)oc2c1. The van der Waals surface area contributed by atoms with Gasteiger partial charge in [-0.05, 0) is 29.8 Å². The van der Waals surface area contributed by atoms with Crippen molar-refractivity contribution in [2.24, 2.45) is 10.3 Å². The van der Waals surface area contributed by atoms with Gasteiger partial charge in [-0.15, -0.1) is 5.11 Å². The minimum Gasteiger partial charge on any atom is -0.497 e. The maximum absolute atomic E-state index is 13.1. The molecule has 0 aliphatic carbocycles. The molecule has 0 aliphatic heterocycles. The van der Waals surface area contributed by atoms with E-state index in [0.29, 0.717) is 11.4 Å². The number of hydrogen-bond acceptors (Lipinski definition) is 8. The molecule has 0 radical (unpaired) electrons. The average Bonchev–Trinajstić information content (AvgIpc) is 2.65. The van der Waals surface area contributed by atoms with Crippen LogP contribution in [-0.2, 0) is 10.4 Å². The highest BCUT2D eigenvalue weighted by Crippen LogP contribution is 2.34. The van der Waals surface area contributed by atoms with Crippen LogP contribution in [0.3, 0.4) is 0 Å². The Balaban J connectivity index is 2.28. The Bertz CT molecular complexity index is 1250. The fourth-order valence-corrected chi connectivity index (χ4v) is 2.86. The van der Waals surface area contributed by atoms with Gasteiger partial charge in [0, 0.05) is 20.2 Å². The topological polar surface area (TPSA) is 131 Å². The molecule has 1 heterocycles. The van der Waals surface area contributed by atoms with Gasteiger partial charge in [0.25, 0.3) is 0 Å². The Morgan fingerprint density at radius 2 is 1.90 bits per heavy atom. The minimum absolute atomic E-state index is 0.0280. The van der Waals surface area contributed by atoms with Crippen LogP contribution >= 0.6 is 0 Å². The lowest BCUT2D eigenvalue weighted by Crippen LogP contribution is -2.13. The van der Waals surface area contributed by atoms with E-state index in [9.17, 15) is 13.2 Å². The van der Waals surface area contributed by atoms with Crippen molar-refractivity contribution in [1.82, 2.24) is 5.01 Å². The molecule has 2 aromatic carbocycles. The van der Waals surface area contributed by atoms with Crippen molar-refractivity contribution in [3.8, 4) is 22.8 Å². The molecule has 0 unspecified atom stereocenters. The second-order valence-corrected chi connectivity index (χ2v) is 7.08. The van der Waals surface area contributed by atoms with Gasteiger partial charge in [0.05, 0.1) is 18.2 Å². The maximum atomic E-state index is 13.1. The summed E-state index contributed by atoms with van der Waals surface area (Å²) >= 11 is 0. The summed E-state index contributed by atoms with van der Waals surface area (Å²) in [5.74, 6) is -0.294. The van der Waals surface area contributed by atoms with Crippen molar-refractivity contribution in [2.45, 2.75) is 0 Å². The second-order valence-electron chi connectivity index (χ2n) is 6.05. The first-order valence-electron chi connectivity index (χ1n) is 8.19. The van der Waals surface area contributed by atoms with Crippen LogP contribution in [0.4, 0.5) is 5.69 Å². The summed E-state index contributed by atoms with van der Waals surface area (Å²) in [5, 5.41) is 9.54. The van der Waals surface area contributed by atoms with Gasteiger partial charge in [0.2, 0.25) is 5.43 Å². The van der Waals surface area contributed by atoms with E-state index in [2.05, 4.69) is 14.5 Å². The predicted molar refractivity (Wildman–Crippen MR) is 105 cm³/mol. The quantitative estimate of drug-likeness (QED) is 0.366. The molecule has 3 aromatic rings. The fourth-order valence-electron chi connectivity index (χ4n) is 2.55. The van der Waals surface area contributed by atoms with Crippen LogP contribution in [0.1, 0.15) is 0 Å². The number of rotatable bonds is 6. The Morgan fingerprint density at radius 3 is 2.55 bits per heavy atom. The van der Waals surface area contributed by atoms with Crippen LogP contribution in [0.15, 0.2) is 62.0 Å². The van der Waals surface area contributed by atoms with Crippen LogP contribution in [0.5, 0.6) is 11.7 Å². The van der Waals surface area contributed by atoms with E-state index >= 15 is 0 Å². The van der Waals surface area contributed by atoms with E-state index in [0.717, 1.165) is 0 Å². The number of ether oxygens (including phenoxy) is 1. The van der Waals surface area contributed by atoms with E-state index in [1.54, 1.807) is 38.4 Å². The highest BCUT2D eigenvalue weighted by Gasteiger charge is 2.22. The molecule has 0 saturated carbocycles. The lowest BCUT2D eigenvalue weighted by atomic mass is 10.0. The van der Waals surface area contributed by atoms with Gasteiger partial charge < -0.3 is 13.3 Å². The molecule has 0 atom stereocenters. The third kappa shape index (κ3) is 4.70. The first kappa shape index (κ1) is 20.3. The Hall–Kier alpha value is -3.44. The largest absolute Gasteiger partial charge is 0.497 e. The molecule has 0 spiro atoms. The Kier molecular flexibility index (Phi) is 5.52. The highest BCUT2D eigenvalue weighted by molar-refractivity contribution is 7.81. The van der Waals surface area contributed by atoms with Crippen molar-refractivity contribution in [3.05, 3.63) is 52.7 Å². The van der Waals surface area contributed by atoms with Gasteiger partial charge in [0.1, 0.15) is 16.9 Å². The summed E-state index contributed by atoms with van der Waals surface area (Å²) in [6, 6.07) is 10.8. The zero-order valence-corrected chi connectivity index (χ0v) is 16.5. The van der Waals surface area contributed by atoms with Gasteiger partial charge in [-0.1, -0.05) is 17.4 Å². The van der Waals surface area contributed by atoms with Crippen molar-refractivity contribution in [2.75, 3.05) is 21.2 Å². The van der Waals surface area contributed by atoms with Crippen molar-refractivity contribution < 1.29 is 26.3 Å². The number of benzene rings is 2. The fraction of sp³-hybridized carbons (Fsp3) is 0.167. The number of nitrogens with zero attached hydrogens (tertiary/aromatic N) is 3. The zero-order valence-electron chi connectivity index (χ0n) is 15.7. The Labute approximate surface area is 165 Å². The second kappa shape index (κ2) is 7.89. The normalized spacial score (nSPS) is 11.7. The van der Waals surface area contributed by atoms with Crippen LogP contribution < -0.4 is 14.3 Å². The van der Waals surface area contributed by atoms with Crippen molar-refractivity contribution in [1.29, 1.82) is 0 Å². The van der Waals surface area contributed by atoms with Gasteiger partial charge in [-0.2, -0.15) is 8.42 Å². The minimum atomic E-state index is -4.95. The summed E-state index contributed by atoms with van der Waals surface area (Å²) in [4.78, 5) is 13.1. The number of hydrogen-bond donors (Lipinski definition) is 1. The molecule has 152 valence electrons. The summed E-state index contributed by atoms with van der Waals surface area (Å²) in [6.45, 7) is 0. The molecule has 3 rings (SSSR count). The van der Waals surface area contributed by atoms with Crippen molar-refractivity contribution >= 4 is 27.1 Å². The molecule has 0 saturated heterocycles. The molecule has 0 aliphatic rings. The maximum Gasteiger partial charge on any atom is 0.449 e. The van der Waals surface area contributed by atoms with Gasteiger partial charge in [0.15, 0.2) is 0 Å². The molecule has 0 bridgehead atoms. The van der Waals surface area contributed by atoms with Gasteiger partial charge in [-0.3, -0.25) is 14.4 Å². The van der Waals surface area contributed by atoms with Gasteiger partial charge in [-0.25, -0.2) is 0 Å². The summed E-state index contributed by atoms with van der Waals surface area (Å²) in [6.07, 6.45) is 0. The summed E-state index contributed by atoms with van der Waals surface area (Å²) < 4.78 is 46.9. The zero-order chi connectivity index (χ0) is 21.2. The smallest absolute Gasteiger partial charge is 0.449 e. The van der Waals surface area contributed by atoms with Crippen LogP contribution in [0, 0.1) is 0 Å². The van der Waals surface area contributed by atoms with E-state index < -0.39 is 21.8 Å². The van der Waals surface area contributed by atoms with Gasteiger partial charge >= 0.3 is 16.3 Å². The van der Waals surface area contributed by atoms with E-state index in [1.807, 2.05) is 0 Å². The van der Waals surface area contributed by atoms with E-state index in [1.165, 1.54) is 30.3 Å². The molecule has 11 heteroatoms. The first-order valence-corrected chi connectivity index (χ1v) is 9.55. The predicted octanol–water partition coefficient (Wildman–Crippen LogP) is 3.21. The summed E-state index contributed by atoms with van der Waals surface area (Å²) in [7, 11) is -0.141. The Morgan fingerprint density at radius 1 is 1.14 bits per heavy atom. The van der Waals surface area contributed by atoms with Crippen LogP contribution in [0.25, 0.3) is 22.1 Å². The molecule has 0 amide bonds. The third-order valence-corrected chi connectivity index (χ3v) is 4.08. The molecule has 0 fully saturated rings. The monoisotopic (exact) mass is 419 g/mol. The van der Waals surface area contributed by atoms with E-state index in [-0.39, 0.29) is 22.1 Å². The third-order valence-electron chi connectivity index (χ3n) is 3.72. The highest BCUT2D eigenvalue weighted by atomic mass is 32.3. The molecule has 1 aromatic heterocycles. The molecule has 1 N–H and O–H groups in total. The summed E-state index contributed by atoms with van der Waals surface area (Å²) in [5.41, 5.74) is -0.0507. The number of fused-ring (bicyclic) bond motifs is 1. The molecule has 29 heavy (non-hydrogen) atoms. The van der Waals surface area contributed by atoms with E-state index in [4.69, 9.17) is 13.7 Å². The number of methoxy groups -OCH3 is 1.